The third kappa shape index (κ3) is 5.35. The monoisotopic (exact) mass is 414 g/mol. The number of carbonyl (C=O) groups excluding carboxylic acids is 1. The van der Waals surface area contributed by atoms with Crippen LogP contribution in [0, 0.1) is 0 Å². The van der Waals surface area contributed by atoms with Crippen molar-refractivity contribution in [3.63, 3.8) is 0 Å². The number of carbonyl (C=O) groups is 1. The third-order valence-corrected chi connectivity index (χ3v) is 5.05. The normalized spacial score (nSPS) is 11.1. The number of anilines is 1. The maximum absolute atomic E-state index is 12.5. The van der Waals surface area contributed by atoms with Crippen LogP contribution in [-0.4, -0.2) is 31.4 Å². The molecule has 29 heavy (non-hydrogen) atoms. The molecule has 9 nitrogen and oxygen atoms in total. The Morgan fingerprint density at radius 2 is 1.76 bits per heavy atom. The minimum atomic E-state index is -3.79. The molecule has 150 valence electrons. The van der Waals surface area contributed by atoms with Crippen LogP contribution in [0.5, 0.6) is 5.75 Å². The van der Waals surface area contributed by atoms with Crippen molar-refractivity contribution in [2.24, 2.45) is 0 Å². The maximum atomic E-state index is 12.5. The first-order valence-corrected chi connectivity index (χ1v) is 9.91. The fourth-order valence-corrected chi connectivity index (χ4v) is 3.17. The highest BCUT2D eigenvalue weighted by Crippen LogP contribution is 2.23. The van der Waals surface area contributed by atoms with Gasteiger partial charge < -0.3 is 10.1 Å². The van der Waals surface area contributed by atoms with E-state index >= 15 is 0 Å². The lowest BCUT2D eigenvalue weighted by Crippen LogP contribution is -2.22. The summed E-state index contributed by atoms with van der Waals surface area (Å²) < 4.78 is 29.5. The number of nitrogens with one attached hydrogen (secondary N) is 2. The van der Waals surface area contributed by atoms with Crippen molar-refractivity contribution in [1.82, 2.24) is 14.9 Å². The van der Waals surface area contributed by atoms with Crippen LogP contribution < -0.4 is 14.9 Å². The van der Waals surface area contributed by atoms with E-state index in [1.54, 1.807) is 24.5 Å². The predicted molar refractivity (Wildman–Crippen MR) is 105 cm³/mol. The van der Waals surface area contributed by atoms with Crippen LogP contribution in [-0.2, 0) is 21.5 Å². The summed E-state index contributed by atoms with van der Waals surface area (Å²) in [6.07, 6.45) is 4.86. The maximum Gasteiger partial charge on any atom is 0.262 e. The molecule has 0 saturated carbocycles. The van der Waals surface area contributed by atoms with Crippen LogP contribution in [0.1, 0.15) is 15.9 Å². The zero-order valence-electron chi connectivity index (χ0n) is 15.4. The number of nitrogens with zero attached hydrogens (tertiary/aromatic N) is 2. The summed E-state index contributed by atoms with van der Waals surface area (Å²) in [6, 6.07) is 12.4. The van der Waals surface area contributed by atoms with Crippen LogP contribution in [0.25, 0.3) is 0 Å². The molecule has 1 amide bonds. The number of benzene rings is 1. The number of amides is 1. The van der Waals surface area contributed by atoms with Gasteiger partial charge in [0.05, 0.1) is 12.0 Å². The number of pyridine rings is 2. The van der Waals surface area contributed by atoms with Gasteiger partial charge in [-0.1, -0.05) is 4.89 Å². The number of hydrogen-bond acceptors (Lipinski definition) is 7. The van der Waals surface area contributed by atoms with Crippen molar-refractivity contribution in [2.45, 2.75) is 11.5 Å². The van der Waals surface area contributed by atoms with Crippen molar-refractivity contribution in [3.05, 3.63) is 78.2 Å². The molecule has 10 heteroatoms. The van der Waals surface area contributed by atoms with Crippen molar-refractivity contribution in [2.75, 3.05) is 12.4 Å². The highest BCUT2D eigenvalue weighted by Gasteiger charge is 2.16. The van der Waals surface area contributed by atoms with E-state index in [0.717, 1.165) is 5.56 Å². The average Bonchev–Trinajstić information content (AvgIpc) is 2.74. The molecule has 0 aliphatic carbocycles. The molecule has 0 atom stereocenters. The van der Waals surface area contributed by atoms with Crippen LogP contribution in [0.3, 0.4) is 0 Å². The van der Waals surface area contributed by atoms with E-state index in [-0.39, 0.29) is 22.9 Å². The Labute approximate surface area is 167 Å². The van der Waals surface area contributed by atoms with Crippen molar-refractivity contribution in [1.29, 1.82) is 0 Å². The molecule has 0 fully saturated rings. The molecule has 0 unspecified atom stereocenters. The van der Waals surface area contributed by atoms with Crippen molar-refractivity contribution in [3.8, 4) is 5.75 Å². The lowest BCUT2D eigenvalue weighted by Gasteiger charge is -2.12. The molecule has 0 radical (unpaired) electrons. The minimum Gasteiger partial charge on any atom is -0.485 e. The van der Waals surface area contributed by atoms with E-state index in [1.165, 1.54) is 37.6 Å². The van der Waals surface area contributed by atoms with Gasteiger partial charge in [-0.25, -0.2) is 13.4 Å². The zero-order valence-corrected chi connectivity index (χ0v) is 16.2. The first kappa shape index (κ1) is 20.4. The molecule has 3 aromatic rings. The van der Waals surface area contributed by atoms with Crippen molar-refractivity contribution >= 4 is 21.7 Å². The number of sulfonamides is 1. The average molecular weight is 414 g/mol. The molecule has 0 saturated heterocycles. The summed E-state index contributed by atoms with van der Waals surface area (Å²) in [5.74, 6) is 0.201. The van der Waals surface area contributed by atoms with E-state index in [0.29, 0.717) is 5.75 Å². The number of rotatable bonds is 8. The fourth-order valence-electron chi connectivity index (χ4n) is 2.36. The summed E-state index contributed by atoms with van der Waals surface area (Å²) in [4.78, 5) is 26.9. The molecule has 2 aromatic heterocycles. The molecule has 2 heterocycles. The van der Waals surface area contributed by atoms with Gasteiger partial charge in [-0.05, 0) is 54.1 Å². The second-order valence-electron chi connectivity index (χ2n) is 5.76. The highest BCUT2D eigenvalue weighted by atomic mass is 32.2. The third-order valence-electron chi connectivity index (χ3n) is 3.77. The number of aromatic nitrogens is 2. The lowest BCUT2D eigenvalue weighted by molar-refractivity contribution is 0.102. The molecular formula is C19H18N4O5S. The number of hydrogen-bond donors (Lipinski definition) is 2. The van der Waals surface area contributed by atoms with E-state index < -0.39 is 15.9 Å². The van der Waals surface area contributed by atoms with E-state index in [2.05, 4.69) is 20.1 Å². The summed E-state index contributed by atoms with van der Waals surface area (Å²) in [5.41, 5.74) is 1.18. The summed E-state index contributed by atoms with van der Waals surface area (Å²) in [6.45, 7) is 0.288. The minimum absolute atomic E-state index is 0.0323. The molecule has 0 aliphatic heterocycles. The van der Waals surface area contributed by atoms with E-state index in [4.69, 9.17) is 4.74 Å². The van der Waals surface area contributed by atoms with E-state index in [9.17, 15) is 13.2 Å². The Bertz CT molecular complexity index is 1070. The molecule has 3 rings (SSSR count). The summed E-state index contributed by atoms with van der Waals surface area (Å²) in [7, 11) is -2.60. The first-order valence-electron chi connectivity index (χ1n) is 8.42. The highest BCUT2D eigenvalue weighted by molar-refractivity contribution is 7.89. The quantitative estimate of drug-likeness (QED) is 0.542. The van der Waals surface area contributed by atoms with Crippen LogP contribution in [0.2, 0.25) is 0 Å². The van der Waals surface area contributed by atoms with Crippen molar-refractivity contribution < 1.29 is 22.8 Å². The fraction of sp³-hybridized carbons (Fsp3) is 0.105. The van der Waals surface area contributed by atoms with Gasteiger partial charge in [0, 0.05) is 24.2 Å². The Kier molecular flexibility index (Phi) is 6.50. The second-order valence-corrected chi connectivity index (χ2v) is 7.41. The van der Waals surface area contributed by atoms with Gasteiger partial charge in [-0.2, -0.15) is 0 Å². The Morgan fingerprint density at radius 1 is 1.03 bits per heavy atom. The standard InChI is InChI=1S/C19H18N4O5S/c1-27-23-29(25,26)16-6-4-15(5-7-16)19(24)22-18-17(3-2-10-21-18)28-13-14-8-11-20-12-9-14/h2-12,23H,13H2,1H3,(H,21,22,24). The Hall–Kier alpha value is -3.34. The second kappa shape index (κ2) is 9.24. The van der Waals surface area contributed by atoms with Crippen LogP contribution >= 0.6 is 0 Å². The molecular weight excluding hydrogens is 396 g/mol. The Morgan fingerprint density at radius 3 is 2.45 bits per heavy atom. The van der Waals surface area contributed by atoms with Gasteiger partial charge in [0.15, 0.2) is 11.6 Å². The molecule has 2 N–H and O–H groups in total. The van der Waals surface area contributed by atoms with Gasteiger partial charge in [0.25, 0.3) is 15.9 Å². The van der Waals surface area contributed by atoms with Gasteiger partial charge in [0.1, 0.15) is 6.61 Å². The number of ether oxygens (including phenoxy) is 1. The first-order chi connectivity index (χ1) is 14.0. The predicted octanol–water partition coefficient (Wildman–Crippen LogP) is 2.15. The summed E-state index contributed by atoms with van der Waals surface area (Å²) in [5, 5.41) is 2.67. The van der Waals surface area contributed by atoms with Gasteiger partial charge in [-0.15, -0.1) is 0 Å². The van der Waals surface area contributed by atoms with Crippen LogP contribution in [0.15, 0.2) is 72.0 Å². The van der Waals surface area contributed by atoms with Gasteiger partial charge in [-0.3, -0.25) is 14.6 Å². The molecule has 0 aliphatic rings. The zero-order chi connectivity index (χ0) is 20.7. The van der Waals surface area contributed by atoms with Crippen LogP contribution in [0.4, 0.5) is 5.82 Å². The largest absolute Gasteiger partial charge is 0.485 e. The summed E-state index contributed by atoms with van der Waals surface area (Å²) >= 11 is 0. The topological polar surface area (TPSA) is 120 Å². The van der Waals surface area contributed by atoms with E-state index in [1.807, 2.05) is 17.0 Å². The lowest BCUT2D eigenvalue weighted by atomic mass is 10.2. The van der Waals surface area contributed by atoms with Gasteiger partial charge in [0.2, 0.25) is 0 Å². The molecule has 0 bridgehead atoms. The molecule has 1 aromatic carbocycles. The smallest absolute Gasteiger partial charge is 0.262 e. The SMILES string of the molecule is CONS(=O)(=O)c1ccc(C(=O)Nc2ncccc2OCc2ccncc2)cc1. The van der Waals surface area contributed by atoms with Gasteiger partial charge >= 0.3 is 0 Å². The molecule has 0 spiro atoms. The Balaban J connectivity index is 1.71.